The van der Waals surface area contributed by atoms with Crippen LogP contribution in [-0.2, 0) is 7.05 Å². The zero-order chi connectivity index (χ0) is 17.4. The van der Waals surface area contributed by atoms with Gasteiger partial charge in [0.2, 0.25) is 0 Å². The van der Waals surface area contributed by atoms with Gasteiger partial charge in [0.05, 0.1) is 0 Å². The maximum absolute atomic E-state index is 12.6. The third-order valence-corrected chi connectivity index (χ3v) is 4.62. The summed E-state index contributed by atoms with van der Waals surface area (Å²) < 4.78 is 7.03. The first-order valence-electron chi connectivity index (χ1n) is 8.31. The molecular formula is C18H18N4O3. The van der Waals surface area contributed by atoms with Gasteiger partial charge >= 0.3 is 0 Å². The van der Waals surface area contributed by atoms with E-state index in [0.29, 0.717) is 18.8 Å². The minimum Gasteiger partial charge on any atom is -0.440 e. The Labute approximate surface area is 143 Å². The highest BCUT2D eigenvalue weighted by molar-refractivity contribution is 5.92. The molecule has 0 unspecified atom stereocenters. The summed E-state index contributed by atoms with van der Waals surface area (Å²) in [6.07, 6.45) is 1.59. The van der Waals surface area contributed by atoms with Crippen LogP contribution in [0.15, 0.2) is 45.6 Å². The SMILES string of the molecule is Cn1nc(C(=O)N2CCC(c3nc4ccccc4o3)CC2)ccc1=O. The number of carbonyl (C=O) groups excluding carboxylic acids is 1. The van der Waals surface area contributed by atoms with Gasteiger partial charge in [0.15, 0.2) is 11.5 Å². The topological polar surface area (TPSA) is 81.2 Å². The summed E-state index contributed by atoms with van der Waals surface area (Å²) in [5.74, 6) is 0.810. The van der Waals surface area contributed by atoms with Crippen molar-refractivity contribution in [2.45, 2.75) is 18.8 Å². The highest BCUT2D eigenvalue weighted by atomic mass is 16.3. The molecular weight excluding hydrogens is 320 g/mol. The number of rotatable bonds is 2. The first-order chi connectivity index (χ1) is 12.1. The Balaban J connectivity index is 1.46. The van der Waals surface area contributed by atoms with Crippen molar-refractivity contribution in [1.29, 1.82) is 0 Å². The maximum Gasteiger partial charge on any atom is 0.274 e. The van der Waals surface area contributed by atoms with Crippen LogP contribution < -0.4 is 5.56 Å². The number of hydrogen-bond acceptors (Lipinski definition) is 5. The Morgan fingerprint density at radius 1 is 1.16 bits per heavy atom. The lowest BCUT2D eigenvalue weighted by Gasteiger charge is -2.30. The van der Waals surface area contributed by atoms with Gasteiger partial charge in [0, 0.05) is 32.1 Å². The van der Waals surface area contributed by atoms with Crippen LogP contribution in [0.3, 0.4) is 0 Å². The third kappa shape index (κ3) is 2.93. The van der Waals surface area contributed by atoms with Gasteiger partial charge in [-0.1, -0.05) is 12.1 Å². The van der Waals surface area contributed by atoms with Crippen molar-refractivity contribution in [3.05, 3.63) is 58.3 Å². The Bertz CT molecular complexity index is 950. The molecule has 128 valence electrons. The van der Waals surface area contributed by atoms with E-state index < -0.39 is 0 Å². The molecule has 1 fully saturated rings. The van der Waals surface area contributed by atoms with Gasteiger partial charge in [-0.25, -0.2) is 9.67 Å². The van der Waals surface area contributed by atoms with Gasteiger partial charge < -0.3 is 9.32 Å². The number of aryl methyl sites for hydroxylation is 1. The van der Waals surface area contributed by atoms with Crippen LogP contribution in [0.2, 0.25) is 0 Å². The van der Waals surface area contributed by atoms with Gasteiger partial charge in [0.25, 0.3) is 11.5 Å². The normalized spacial score (nSPS) is 15.6. The lowest BCUT2D eigenvalue weighted by Crippen LogP contribution is -2.39. The van der Waals surface area contributed by atoms with Crippen molar-refractivity contribution >= 4 is 17.0 Å². The lowest BCUT2D eigenvalue weighted by atomic mass is 9.96. The van der Waals surface area contributed by atoms with Gasteiger partial charge in [-0.2, -0.15) is 5.10 Å². The molecule has 4 rings (SSSR count). The van der Waals surface area contributed by atoms with Crippen molar-refractivity contribution < 1.29 is 9.21 Å². The standard InChI is InChI=1S/C18H18N4O3/c1-21-16(23)7-6-14(20-21)18(24)22-10-8-12(9-11-22)17-19-13-4-2-3-5-15(13)25-17/h2-7,12H,8-11H2,1H3. The molecule has 1 saturated heterocycles. The van der Waals surface area contributed by atoms with Crippen LogP contribution in [0.25, 0.3) is 11.1 Å². The van der Waals surface area contributed by atoms with Crippen molar-refractivity contribution in [3.8, 4) is 0 Å². The molecule has 7 nitrogen and oxygen atoms in total. The van der Waals surface area contributed by atoms with Gasteiger partial charge in [0.1, 0.15) is 11.2 Å². The molecule has 0 radical (unpaired) electrons. The summed E-state index contributed by atoms with van der Waals surface area (Å²) in [5, 5.41) is 4.04. The largest absolute Gasteiger partial charge is 0.440 e. The summed E-state index contributed by atoms with van der Waals surface area (Å²) in [7, 11) is 1.54. The molecule has 2 aromatic heterocycles. The first kappa shape index (κ1) is 15.6. The predicted molar refractivity (Wildman–Crippen MR) is 91.4 cm³/mol. The van der Waals surface area contributed by atoms with Crippen molar-refractivity contribution in [2.75, 3.05) is 13.1 Å². The van der Waals surface area contributed by atoms with E-state index in [1.165, 1.54) is 16.8 Å². The molecule has 7 heteroatoms. The van der Waals surface area contributed by atoms with Crippen LogP contribution in [0.5, 0.6) is 0 Å². The fraction of sp³-hybridized carbons (Fsp3) is 0.333. The van der Waals surface area contributed by atoms with Crippen molar-refractivity contribution in [3.63, 3.8) is 0 Å². The van der Waals surface area contributed by atoms with Crippen molar-refractivity contribution in [1.82, 2.24) is 19.7 Å². The van der Waals surface area contributed by atoms with Crippen LogP contribution in [0.4, 0.5) is 0 Å². The van der Waals surface area contributed by atoms with Crippen LogP contribution in [0.1, 0.15) is 35.1 Å². The van der Waals surface area contributed by atoms with Crippen LogP contribution >= 0.6 is 0 Å². The van der Waals surface area contributed by atoms with Crippen molar-refractivity contribution in [2.24, 2.45) is 7.05 Å². The number of benzene rings is 1. The highest BCUT2D eigenvalue weighted by Gasteiger charge is 2.28. The number of nitrogens with zero attached hydrogens (tertiary/aromatic N) is 4. The number of amides is 1. The second-order valence-corrected chi connectivity index (χ2v) is 6.27. The Kier molecular flexibility index (Phi) is 3.83. The van der Waals surface area contributed by atoms with E-state index in [4.69, 9.17) is 4.42 Å². The van der Waals surface area contributed by atoms with Crippen LogP contribution in [-0.4, -0.2) is 38.7 Å². The summed E-state index contributed by atoms with van der Waals surface area (Å²) in [6, 6.07) is 10.6. The van der Waals surface area contributed by atoms with E-state index in [1.54, 1.807) is 11.9 Å². The summed E-state index contributed by atoms with van der Waals surface area (Å²) in [6.45, 7) is 1.24. The zero-order valence-electron chi connectivity index (χ0n) is 13.9. The van der Waals surface area contributed by atoms with Crippen LogP contribution in [0, 0.1) is 0 Å². The minimum absolute atomic E-state index is 0.147. The number of para-hydroxylation sites is 2. The molecule has 0 aliphatic carbocycles. The molecule has 0 bridgehead atoms. The number of oxazole rings is 1. The molecule has 0 N–H and O–H groups in total. The summed E-state index contributed by atoms with van der Waals surface area (Å²) >= 11 is 0. The lowest BCUT2D eigenvalue weighted by molar-refractivity contribution is 0.0698. The fourth-order valence-corrected chi connectivity index (χ4v) is 3.17. The number of aromatic nitrogens is 3. The first-order valence-corrected chi connectivity index (χ1v) is 8.31. The number of carbonyl (C=O) groups is 1. The van der Waals surface area contributed by atoms with E-state index in [0.717, 1.165) is 29.8 Å². The minimum atomic E-state index is -0.230. The second-order valence-electron chi connectivity index (χ2n) is 6.27. The average molecular weight is 338 g/mol. The Morgan fingerprint density at radius 3 is 2.64 bits per heavy atom. The fourth-order valence-electron chi connectivity index (χ4n) is 3.17. The molecule has 3 aromatic rings. The highest BCUT2D eigenvalue weighted by Crippen LogP contribution is 2.30. The van der Waals surface area contributed by atoms with E-state index in [1.807, 2.05) is 24.3 Å². The number of likely N-dealkylation sites (tertiary alicyclic amines) is 1. The summed E-state index contributed by atoms with van der Waals surface area (Å²) in [4.78, 5) is 30.3. The molecule has 1 aliphatic heterocycles. The van der Waals surface area contributed by atoms with E-state index in [-0.39, 0.29) is 17.4 Å². The zero-order valence-corrected chi connectivity index (χ0v) is 13.9. The average Bonchev–Trinajstić information content (AvgIpc) is 3.08. The smallest absolute Gasteiger partial charge is 0.274 e. The quantitative estimate of drug-likeness (QED) is 0.713. The summed E-state index contributed by atoms with van der Waals surface area (Å²) in [5.41, 5.74) is 1.73. The van der Waals surface area contributed by atoms with Gasteiger partial charge in [-0.05, 0) is 31.0 Å². The van der Waals surface area contributed by atoms with E-state index >= 15 is 0 Å². The molecule has 0 spiro atoms. The molecule has 3 heterocycles. The molecule has 1 amide bonds. The monoisotopic (exact) mass is 338 g/mol. The van der Waals surface area contributed by atoms with E-state index in [2.05, 4.69) is 10.1 Å². The molecule has 0 atom stereocenters. The van der Waals surface area contributed by atoms with Gasteiger partial charge in [-0.15, -0.1) is 0 Å². The predicted octanol–water partition coefficient (Wildman–Crippen LogP) is 1.94. The number of fused-ring (bicyclic) bond motifs is 1. The number of piperidine rings is 1. The maximum atomic E-state index is 12.6. The molecule has 1 aromatic carbocycles. The second kappa shape index (κ2) is 6.16. The Morgan fingerprint density at radius 2 is 1.92 bits per heavy atom. The van der Waals surface area contributed by atoms with E-state index in [9.17, 15) is 9.59 Å². The molecule has 0 saturated carbocycles. The third-order valence-electron chi connectivity index (χ3n) is 4.62. The Hall–Kier alpha value is -2.96. The van der Waals surface area contributed by atoms with Gasteiger partial charge in [-0.3, -0.25) is 9.59 Å². The number of hydrogen-bond donors (Lipinski definition) is 0. The molecule has 1 aliphatic rings. The molecule has 25 heavy (non-hydrogen) atoms.